The number of thioether (sulfide) groups is 1. The maximum atomic E-state index is 12.8. The molecular weight excluding hydrogens is 508 g/mol. The number of rotatable bonds is 9. The first-order valence-corrected chi connectivity index (χ1v) is 13.0. The van der Waals surface area contributed by atoms with Crippen molar-refractivity contribution in [1.82, 2.24) is 24.7 Å². The third kappa shape index (κ3) is 5.47. The Kier molecular flexibility index (Phi) is 7.43. The lowest BCUT2D eigenvalue weighted by Crippen LogP contribution is -2.14. The highest BCUT2D eigenvalue weighted by Crippen LogP contribution is 2.34. The van der Waals surface area contributed by atoms with Gasteiger partial charge in [-0.25, -0.2) is 4.98 Å². The molecule has 37 heavy (non-hydrogen) atoms. The van der Waals surface area contributed by atoms with Crippen molar-refractivity contribution in [1.29, 1.82) is 0 Å². The van der Waals surface area contributed by atoms with Crippen molar-refractivity contribution < 1.29 is 14.3 Å². The summed E-state index contributed by atoms with van der Waals surface area (Å²) in [5.74, 6) is 1.89. The maximum Gasteiger partial charge on any atom is 0.236 e. The molecule has 0 atom stereocenters. The van der Waals surface area contributed by atoms with Gasteiger partial charge in [0, 0.05) is 34.6 Å². The average molecular weight is 531 g/mol. The number of hydrogen-bond donors (Lipinski definition) is 1. The highest BCUT2D eigenvalue weighted by atomic mass is 32.2. The zero-order chi connectivity index (χ0) is 25.6. The normalized spacial score (nSPS) is 10.8. The van der Waals surface area contributed by atoms with Gasteiger partial charge in [0.2, 0.25) is 5.91 Å². The Labute approximate surface area is 221 Å². The van der Waals surface area contributed by atoms with Crippen molar-refractivity contribution in [3.05, 3.63) is 78.4 Å². The molecule has 11 heteroatoms. The van der Waals surface area contributed by atoms with Crippen LogP contribution in [0.5, 0.6) is 11.5 Å². The van der Waals surface area contributed by atoms with Gasteiger partial charge in [-0.05, 0) is 42.5 Å². The Morgan fingerprint density at radius 3 is 2.51 bits per heavy atom. The summed E-state index contributed by atoms with van der Waals surface area (Å²) in [7, 11) is 3.18. The van der Waals surface area contributed by atoms with Crippen molar-refractivity contribution in [2.24, 2.45) is 0 Å². The lowest BCUT2D eigenvalue weighted by atomic mass is 10.1. The molecule has 5 rings (SSSR count). The summed E-state index contributed by atoms with van der Waals surface area (Å²) >= 11 is 2.66. The standard InChI is InChI=1S/C26H22N6O3S2/c1-34-21-9-8-18(14-22(21)35-2)20-15-36-25(28-20)29-23(33)16-37-26-31-30-24(17-10-12-27-13-11-17)32(26)19-6-4-3-5-7-19/h3-15H,16H2,1-2H3,(H,28,29,33). The molecule has 0 bridgehead atoms. The number of pyridine rings is 1. The van der Waals surface area contributed by atoms with Gasteiger partial charge in [-0.15, -0.1) is 21.5 Å². The van der Waals surface area contributed by atoms with E-state index in [1.807, 2.05) is 70.6 Å². The molecule has 2 aromatic carbocycles. The minimum Gasteiger partial charge on any atom is -0.493 e. The summed E-state index contributed by atoms with van der Waals surface area (Å²) in [4.78, 5) is 21.4. The molecule has 0 aliphatic carbocycles. The first kappa shape index (κ1) is 24.5. The molecule has 186 valence electrons. The summed E-state index contributed by atoms with van der Waals surface area (Å²) in [6, 6.07) is 19.1. The van der Waals surface area contributed by atoms with E-state index < -0.39 is 0 Å². The van der Waals surface area contributed by atoms with E-state index in [9.17, 15) is 4.79 Å². The van der Waals surface area contributed by atoms with Gasteiger partial charge in [0.05, 0.1) is 25.7 Å². The average Bonchev–Trinajstić information content (AvgIpc) is 3.60. The highest BCUT2D eigenvalue weighted by Gasteiger charge is 2.18. The van der Waals surface area contributed by atoms with Crippen LogP contribution in [0, 0.1) is 0 Å². The maximum absolute atomic E-state index is 12.8. The molecule has 0 aliphatic heterocycles. The molecule has 3 heterocycles. The molecule has 0 spiro atoms. The van der Waals surface area contributed by atoms with Gasteiger partial charge in [0.1, 0.15) is 0 Å². The molecule has 0 aliphatic rings. The number of nitrogens with zero attached hydrogens (tertiary/aromatic N) is 5. The molecule has 0 radical (unpaired) electrons. The van der Waals surface area contributed by atoms with Crippen LogP contribution < -0.4 is 14.8 Å². The molecule has 1 amide bonds. The number of amides is 1. The molecule has 3 aromatic heterocycles. The molecule has 5 aromatic rings. The summed E-state index contributed by atoms with van der Waals surface area (Å²) in [6.07, 6.45) is 3.42. The van der Waals surface area contributed by atoms with E-state index in [1.54, 1.807) is 26.6 Å². The van der Waals surface area contributed by atoms with E-state index in [2.05, 4.69) is 25.5 Å². The Balaban J connectivity index is 1.30. The zero-order valence-corrected chi connectivity index (χ0v) is 21.6. The van der Waals surface area contributed by atoms with Crippen molar-refractivity contribution >= 4 is 34.1 Å². The van der Waals surface area contributed by atoms with Crippen molar-refractivity contribution in [3.8, 4) is 39.8 Å². The number of methoxy groups -OCH3 is 2. The number of thiazole rings is 1. The molecule has 0 saturated carbocycles. The van der Waals surface area contributed by atoms with Crippen LogP contribution in [-0.4, -0.2) is 50.6 Å². The minimum atomic E-state index is -0.189. The summed E-state index contributed by atoms with van der Waals surface area (Å²) in [6.45, 7) is 0. The van der Waals surface area contributed by atoms with E-state index in [0.29, 0.717) is 27.6 Å². The van der Waals surface area contributed by atoms with E-state index in [0.717, 1.165) is 22.5 Å². The predicted molar refractivity (Wildman–Crippen MR) is 145 cm³/mol. The first-order chi connectivity index (χ1) is 18.2. The lowest BCUT2D eigenvalue weighted by Gasteiger charge is -2.10. The predicted octanol–water partition coefficient (Wildman–Crippen LogP) is 5.20. The molecule has 1 N–H and O–H groups in total. The quantitative estimate of drug-likeness (QED) is 0.259. The van der Waals surface area contributed by atoms with Gasteiger partial charge in [0.25, 0.3) is 0 Å². The smallest absolute Gasteiger partial charge is 0.236 e. The Morgan fingerprint density at radius 1 is 0.973 bits per heavy atom. The largest absolute Gasteiger partial charge is 0.493 e. The van der Waals surface area contributed by atoms with Crippen LogP contribution in [0.1, 0.15) is 0 Å². The fraction of sp³-hybridized carbons (Fsp3) is 0.115. The van der Waals surface area contributed by atoms with E-state index >= 15 is 0 Å². The van der Waals surface area contributed by atoms with Crippen LogP contribution in [0.3, 0.4) is 0 Å². The Bertz CT molecular complexity index is 1510. The minimum absolute atomic E-state index is 0.145. The Hall–Kier alpha value is -4.22. The van der Waals surface area contributed by atoms with Gasteiger partial charge in [-0.1, -0.05) is 30.0 Å². The van der Waals surface area contributed by atoms with Gasteiger partial charge < -0.3 is 14.8 Å². The number of benzene rings is 2. The molecule has 0 fully saturated rings. The van der Waals surface area contributed by atoms with E-state index in [-0.39, 0.29) is 11.7 Å². The lowest BCUT2D eigenvalue weighted by molar-refractivity contribution is -0.113. The SMILES string of the molecule is COc1ccc(-c2csc(NC(=O)CSc3nnc(-c4ccncc4)n3-c3ccccc3)n2)cc1OC. The summed E-state index contributed by atoms with van der Waals surface area (Å²) in [5, 5.41) is 14.6. The van der Waals surface area contributed by atoms with Crippen LogP contribution in [-0.2, 0) is 4.79 Å². The highest BCUT2D eigenvalue weighted by molar-refractivity contribution is 7.99. The second-order valence-electron chi connectivity index (χ2n) is 7.66. The van der Waals surface area contributed by atoms with Gasteiger partial charge in [-0.3, -0.25) is 14.3 Å². The number of carbonyl (C=O) groups excluding carboxylic acids is 1. The van der Waals surface area contributed by atoms with Crippen molar-refractivity contribution in [3.63, 3.8) is 0 Å². The molecule has 0 saturated heterocycles. The second kappa shape index (κ2) is 11.2. The van der Waals surface area contributed by atoms with Crippen LogP contribution in [0.4, 0.5) is 5.13 Å². The van der Waals surface area contributed by atoms with Crippen LogP contribution in [0.15, 0.2) is 83.6 Å². The number of nitrogens with one attached hydrogen (secondary N) is 1. The molecule has 0 unspecified atom stereocenters. The van der Waals surface area contributed by atoms with Crippen LogP contribution in [0.25, 0.3) is 28.3 Å². The third-order valence-electron chi connectivity index (χ3n) is 5.35. The van der Waals surface area contributed by atoms with E-state index in [4.69, 9.17) is 9.47 Å². The number of hydrogen-bond acceptors (Lipinski definition) is 9. The summed E-state index contributed by atoms with van der Waals surface area (Å²) in [5.41, 5.74) is 3.39. The number of aromatic nitrogens is 5. The third-order valence-corrected chi connectivity index (χ3v) is 7.04. The van der Waals surface area contributed by atoms with Gasteiger partial charge >= 0.3 is 0 Å². The fourth-order valence-corrected chi connectivity index (χ4v) is 5.09. The molecule has 9 nitrogen and oxygen atoms in total. The number of para-hydroxylation sites is 1. The fourth-order valence-electron chi connectivity index (χ4n) is 3.61. The Morgan fingerprint density at radius 2 is 1.76 bits per heavy atom. The van der Waals surface area contributed by atoms with E-state index in [1.165, 1.54) is 23.1 Å². The number of carbonyl (C=O) groups is 1. The first-order valence-electron chi connectivity index (χ1n) is 11.2. The zero-order valence-electron chi connectivity index (χ0n) is 20.0. The second-order valence-corrected chi connectivity index (χ2v) is 9.46. The van der Waals surface area contributed by atoms with Crippen molar-refractivity contribution in [2.45, 2.75) is 5.16 Å². The number of anilines is 1. The summed E-state index contributed by atoms with van der Waals surface area (Å²) < 4.78 is 12.6. The van der Waals surface area contributed by atoms with Crippen LogP contribution in [0.2, 0.25) is 0 Å². The monoisotopic (exact) mass is 530 g/mol. The number of ether oxygens (including phenoxy) is 2. The van der Waals surface area contributed by atoms with Crippen LogP contribution >= 0.6 is 23.1 Å². The topological polar surface area (TPSA) is 104 Å². The van der Waals surface area contributed by atoms with Crippen molar-refractivity contribution in [2.75, 3.05) is 25.3 Å². The van der Waals surface area contributed by atoms with Gasteiger partial charge in [0.15, 0.2) is 27.6 Å². The molecular formula is C26H22N6O3S2. The van der Waals surface area contributed by atoms with Gasteiger partial charge in [-0.2, -0.15) is 0 Å².